The third kappa shape index (κ3) is 6.83. The Balaban J connectivity index is 2.46. The molecule has 0 spiro atoms. The molecule has 0 aliphatic heterocycles. The highest BCUT2D eigenvalue weighted by Gasteiger charge is 2.39. The molecule has 0 saturated heterocycles. The van der Waals surface area contributed by atoms with Crippen LogP contribution in [0.5, 0.6) is 0 Å². The van der Waals surface area contributed by atoms with Crippen LogP contribution in [0.4, 0.5) is 18.9 Å². The summed E-state index contributed by atoms with van der Waals surface area (Å²) in [5.74, 6) is -4.16. The molecular weight excluding hydrogens is 438 g/mol. The van der Waals surface area contributed by atoms with Crippen LogP contribution in [0.15, 0.2) is 54.6 Å². The SMILES string of the molecule is O=C(O)CCC(C(=O)O)C(C(Nc1ccc(C(F)(F)F)cc1)c1ccccc1)[PH](=O)O. The standard InChI is InChI=1S/C20H21F3NO6P/c21-20(22,23)13-6-8-14(9-7-13)24-17(12-4-2-1-3-5-12)18(31(29)30)15(19(27)28)10-11-16(25)26/h1-9,15,17-18,24,31H,10-11H2,(H,25,26)(H,27,28)(H,29,30). The van der Waals surface area contributed by atoms with Crippen molar-refractivity contribution < 1.29 is 42.4 Å². The number of anilines is 1. The number of halogens is 3. The molecule has 0 aromatic heterocycles. The second-order valence-electron chi connectivity index (χ2n) is 6.85. The molecule has 4 atom stereocenters. The number of alkyl halides is 3. The second kappa shape index (κ2) is 10.5. The molecule has 4 unspecified atom stereocenters. The molecule has 0 radical (unpaired) electrons. The van der Waals surface area contributed by atoms with Crippen LogP contribution >= 0.6 is 8.03 Å². The lowest BCUT2D eigenvalue weighted by Crippen LogP contribution is -2.35. The maximum Gasteiger partial charge on any atom is 0.416 e. The summed E-state index contributed by atoms with van der Waals surface area (Å²) in [6, 6.07) is 10.9. The zero-order chi connectivity index (χ0) is 23.2. The van der Waals surface area contributed by atoms with E-state index in [4.69, 9.17) is 5.11 Å². The second-order valence-corrected chi connectivity index (χ2v) is 8.19. The Morgan fingerprint density at radius 2 is 1.58 bits per heavy atom. The zero-order valence-electron chi connectivity index (χ0n) is 16.0. The van der Waals surface area contributed by atoms with Gasteiger partial charge in [0.2, 0.25) is 0 Å². The van der Waals surface area contributed by atoms with Gasteiger partial charge in [-0.05, 0) is 36.2 Å². The number of nitrogens with one attached hydrogen (secondary N) is 1. The maximum absolute atomic E-state index is 12.8. The number of benzene rings is 2. The van der Waals surface area contributed by atoms with Gasteiger partial charge in [0.1, 0.15) is 0 Å². The van der Waals surface area contributed by atoms with Gasteiger partial charge >= 0.3 is 18.1 Å². The van der Waals surface area contributed by atoms with Crippen molar-refractivity contribution >= 4 is 25.7 Å². The quantitative estimate of drug-likeness (QED) is 0.392. The fourth-order valence-corrected chi connectivity index (χ4v) is 4.47. The number of carboxylic acids is 2. The van der Waals surface area contributed by atoms with Crippen LogP contribution in [0.3, 0.4) is 0 Å². The van der Waals surface area contributed by atoms with Crippen molar-refractivity contribution in [2.24, 2.45) is 5.92 Å². The van der Waals surface area contributed by atoms with Crippen LogP contribution < -0.4 is 5.32 Å². The monoisotopic (exact) mass is 459 g/mol. The van der Waals surface area contributed by atoms with Gasteiger partial charge in [0.25, 0.3) is 0 Å². The van der Waals surface area contributed by atoms with E-state index < -0.39 is 55.7 Å². The molecule has 11 heteroatoms. The fourth-order valence-electron chi connectivity index (χ4n) is 3.26. The van der Waals surface area contributed by atoms with Gasteiger partial charge in [-0.3, -0.25) is 14.2 Å². The summed E-state index contributed by atoms with van der Waals surface area (Å²) in [5, 5.41) is 21.4. The summed E-state index contributed by atoms with van der Waals surface area (Å²) < 4.78 is 50.7. The van der Waals surface area contributed by atoms with Crippen molar-refractivity contribution in [3.8, 4) is 0 Å². The molecule has 0 saturated carbocycles. The van der Waals surface area contributed by atoms with E-state index in [9.17, 15) is 37.3 Å². The molecule has 0 heterocycles. The molecule has 0 bridgehead atoms. The number of hydrogen-bond acceptors (Lipinski definition) is 4. The first-order chi connectivity index (χ1) is 14.5. The number of rotatable bonds is 10. The molecule has 2 rings (SSSR count). The largest absolute Gasteiger partial charge is 0.481 e. The Morgan fingerprint density at radius 1 is 1.00 bits per heavy atom. The zero-order valence-corrected chi connectivity index (χ0v) is 17.0. The van der Waals surface area contributed by atoms with Crippen LogP contribution in [-0.4, -0.2) is 32.7 Å². The van der Waals surface area contributed by atoms with Crippen molar-refractivity contribution in [2.75, 3.05) is 5.32 Å². The maximum atomic E-state index is 12.8. The Bertz CT molecular complexity index is 921. The molecule has 31 heavy (non-hydrogen) atoms. The van der Waals surface area contributed by atoms with Gasteiger partial charge in [0.05, 0.1) is 23.2 Å². The van der Waals surface area contributed by atoms with Gasteiger partial charge < -0.3 is 20.4 Å². The minimum absolute atomic E-state index is 0.178. The van der Waals surface area contributed by atoms with Crippen molar-refractivity contribution in [3.05, 3.63) is 65.7 Å². The number of aliphatic carboxylic acids is 2. The molecule has 7 nitrogen and oxygen atoms in total. The normalized spacial score (nSPS) is 15.5. The van der Waals surface area contributed by atoms with Gasteiger partial charge in [-0.1, -0.05) is 30.3 Å². The molecule has 2 aromatic carbocycles. The lowest BCUT2D eigenvalue weighted by atomic mass is 9.90. The Labute approximate surface area is 176 Å². The third-order valence-corrected chi connectivity index (χ3v) is 6.06. The van der Waals surface area contributed by atoms with E-state index in [0.717, 1.165) is 24.3 Å². The van der Waals surface area contributed by atoms with Gasteiger partial charge in [-0.25, -0.2) is 0 Å². The van der Waals surface area contributed by atoms with Crippen LogP contribution in [0, 0.1) is 5.92 Å². The van der Waals surface area contributed by atoms with Crippen LogP contribution in [-0.2, 0) is 20.3 Å². The van der Waals surface area contributed by atoms with E-state index in [-0.39, 0.29) is 12.1 Å². The van der Waals surface area contributed by atoms with E-state index in [1.165, 1.54) is 0 Å². The lowest BCUT2D eigenvalue weighted by molar-refractivity contribution is -0.143. The molecule has 4 N–H and O–H groups in total. The van der Waals surface area contributed by atoms with E-state index in [1.807, 2.05) is 0 Å². The summed E-state index contributed by atoms with van der Waals surface area (Å²) in [6.07, 6.45) is -5.45. The van der Waals surface area contributed by atoms with Crippen LogP contribution in [0.25, 0.3) is 0 Å². The predicted molar refractivity (Wildman–Crippen MR) is 107 cm³/mol. The minimum atomic E-state index is -4.54. The van der Waals surface area contributed by atoms with Crippen molar-refractivity contribution in [1.82, 2.24) is 0 Å². The predicted octanol–water partition coefficient (Wildman–Crippen LogP) is 4.26. The van der Waals surface area contributed by atoms with E-state index >= 15 is 0 Å². The number of carboxylic acid groups (broad SMARTS) is 2. The molecule has 0 fully saturated rings. The number of hydrogen-bond donors (Lipinski definition) is 4. The highest BCUT2D eigenvalue weighted by Crippen LogP contribution is 2.42. The lowest BCUT2D eigenvalue weighted by Gasteiger charge is -2.31. The van der Waals surface area contributed by atoms with Gasteiger partial charge in [-0.15, -0.1) is 0 Å². The van der Waals surface area contributed by atoms with Gasteiger partial charge in [-0.2, -0.15) is 13.2 Å². The molecule has 0 aliphatic rings. The summed E-state index contributed by atoms with van der Waals surface area (Å²) in [6.45, 7) is 0. The topological polar surface area (TPSA) is 124 Å². The fraction of sp³-hybridized carbons (Fsp3) is 0.300. The smallest absolute Gasteiger partial charge is 0.416 e. The molecule has 168 valence electrons. The average molecular weight is 459 g/mol. The van der Waals surface area contributed by atoms with Gasteiger partial charge in [0.15, 0.2) is 8.03 Å². The van der Waals surface area contributed by atoms with E-state index in [0.29, 0.717) is 5.56 Å². The van der Waals surface area contributed by atoms with E-state index in [2.05, 4.69) is 5.32 Å². The van der Waals surface area contributed by atoms with Crippen molar-refractivity contribution in [2.45, 2.75) is 30.7 Å². The summed E-state index contributed by atoms with van der Waals surface area (Å²) in [5.41, 5.74) is -1.68. The van der Waals surface area contributed by atoms with Gasteiger partial charge in [0, 0.05) is 12.1 Å². The third-order valence-electron chi connectivity index (χ3n) is 4.76. The highest BCUT2D eigenvalue weighted by molar-refractivity contribution is 7.39. The minimum Gasteiger partial charge on any atom is -0.481 e. The first-order valence-electron chi connectivity index (χ1n) is 9.17. The highest BCUT2D eigenvalue weighted by atomic mass is 31.1. The molecule has 0 aliphatic carbocycles. The first kappa shape index (κ1) is 24.4. The summed E-state index contributed by atoms with van der Waals surface area (Å²) >= 11 is 0. The first-order valence-corrected chi connectivity index (χ1v) is 10.6. The Morgan fingerprint density at radius 3 is 2.03 bits per heavy atom. The Hall–Kier alpha value is -2.84. The number of carbonyl (C=O) groups is 2. The Kier molecular flexibility index (Phi) is 8.24. The summed E-state index contributed by atoms with van der Waals surface area (Å²) in [4.78, 5) is 32.8. The van der Waals surface area contributed by atoms with Crippen LogP contribution in [0.2, 0.25) is 0 Å². The molecule has 0 amide bonds. The van der Waals surface area contributed by atoms with Crippen molar-refractivity contribution in [3.63, 3.8) is 0 Å². The van der Waals surface area contributed by atoms with Crippen molar-refractivity contribution in [1.29, 1.82) is 0 Å². The summed E-state index contributed by atoms with van der Waals surface area (Å²) in [7, 11) is -3.53. The molecular formula is C20H21F3NO6P. The molecule has 2 aromatic rings. The van der Waals surface area contributed by atoms with Crippen LogP contribution in [0.1, 0.15) is 30.0 Å². The average Bonchev–Trinajstić information content (AvgIpc) is 2.69. The van der Waals surface area contributed by atoms with E-state index in [1.54, 1.807) is 30.3 Å².